The van der Waals surface area contributed by atoms with Crippen molar-refractivity contribution in [1.82, 2.24) is 5.32 Å². The molecule has 0 saturated heterocycles. The third kappa shape index (κ3) is 3.85. The van der Waals surface area contributed by atoms with Gasteiger partial charge in [0.2, 0.25) is 0 Å². The van der Waals surface area contributed by atoms with Crippen LogP contribution in [0.4, 0.5) is 0 Å². The number of ketones is 2. The van der Waals surface area contributed by atoms with Gasteiger partial charge in [0.1, 0.15) is 5.75 Å². The van der Waals surface area contributed by atoms with Gasteiger partial charge in [-0.15, -0.1) is 0 Å². The summed E-state index contributed by atoms with van der Waals surface area (Å²) in [5, 5.41) is 4.30. The van der Waals surface area contributed by atoms with E-state index in [0.29, 0.717) is 52.3 Å². The van der Waals surface area contributed by atoms with Crippen molar-refractivity contribution < 1.29 is 14.3 Å². The lowest BCUT2D eigenvalue weighted by Crippen LogP contribution is -2.36. The molecule has 4 nitrogen and oxygen atoms in total. The van der Waals surface area contributed by atoms with E-state index in [9.17, 15) is 9.59 Å². The second-order valence-electron chi connectivity index (χ2n) is 8.41. The minimum absolute atomic E-state index is 0.0829. The van der Waals surface area contributed by atoms with Crippen LogP contribution in [0.1, 0.15) is 63.9 Å². The molecule has 0 radical (unpaired) electrons. The Hall–Kier alpha value is -1.78. The molecule has 0 atom stereocenters. The summed E-state index contributed by atoms with van der Waals surface area (Å²) < 4.78 is 6.09. The maximum atomic E-state index is 13.0. The number of Topliss-reactive ketones (excluding diaryl/α,β-unsaturated/α-hetero) is 2. The van der Waals surface area contributed by atoms with Crippen molar-refractivity contribution in [3.63, 3.8) is 0 Å². The lowest BCUT2D eigenvalue weighted by atomic mass is 9.71. The molecule has 1 N–H and O–H groups in total. The predicted molar refractivity (Wildman–Crippen MR) is 114 cm³/mol. The SMILES string of the molecule is CC(C)COc1c(Cl)cc(Cl)cc1C1C2=C(CCCC2=O)NC2=C1C(=O)CCC2. The molecule has 1 aromatic carbocycles. The zero-order chi connectivity index (χ0) is 20.7. The maximum absolute atomic E-state index is 13.0. The van der Waals surface area contributed by atoms with Crippen molar-refractivity contribution in [3.05, 3.63) is 50.3 Å². The van der Waals surface area contributed by atoms with Crippen molar-refractivity contribution in [2.45, 2.75) is 58.3 Å². The van der Waals surface area contributed by atoms with E-state index in [1.807, 2.05) is 0 Å². The number of dihydropyridines is 1. The largest absolute Gasteiger partial charge is 0.491 e. The Morgan fingerprint density at radius 2 is 1.59 bits per heavy atom. The van der Waals surface area contributed by atoms with E-state index in [2.05, 4.69) is 19.2 Å². The van der Waals surface area contributed by atoms with Gasteiger partial charge in [0.15, 0.2) is 11.6 Å². The number of nitrogens with one attached hydrogen (secondary N) is 1. The van der Waals surface area contributed by atoms with Gasteiger partial charge < -0.3 is 10.1 Å². The Bertz CT molecular complexity index is 904. The average Bonchev–Trinajstić information content (AvgIpc) is 2.65. The number of allylic oxidation sites excluding steroid dienone is 4. The third-order valence-electron chi connectivity index (χ3n) is 5.70. The van der Waals surface area contributed by atoms with Gasteiger partial charge >= 0.3 is 0 Å². The number of hydrogen-bond donors (Lipinski definition) is 1. The second kappa shape index (κ2) is 8.16. The highest BCUT2D eigenvalue weighted by Crippen LogP contribution is 2.49. The Morgan fingerprint density at radius 1 is 1.00 bits per heavy atom. The molecule has 1 heterocycles. The number of rotatable bonds is 4. The fraction of sp³-hybridized carbons (Fsp3) is 0.478. The zero-order valence-corrected chi connectivity index (χ0v) is 18.3. The van der Waals surface area contributed by atoms with E-state index in [1.165, 1.54) is 0 Å². The van der Waals surface area contributed by atoms with Crippen LogP contribution >= 0.6 is 23.2 Å². The summed E-state index contributed by atoms with van der Waals surface area (Å²) in [4.78, 5) is 26.0. The maximum Gasteiger partial charge on any atom is 0.161 e. The highest BCUT2D eigenvalue weighted by molar-refractivity contribution is 6.35. The van der Waals surface area contributed by atoms with Crippen LogP contribution in [0.2, 0.25) is 10.0 Å². The van der Waals surface area contributed by atoms with E-state index >= 15 is 0 Å². The molecule has 0 bridgehead atoms. The van der Waals surface area contributed by atoms with E-state index in [1.54, 1.807) is 12.1 Å². The van der Waals surface area contributed by atoms with Crippen LogP contribution in [0.5, 0.6) is 5.75 Å². The molecular formula is C23H25Cl2NO3. The Balaban J connectivity index is 1.93. The molecule has 0 unspecified atom stereocenters. The van der Waals surface area contributed by atoms with Gasteiger partial charge in [-0.2, -0.15) is 0 Å². The number of halogens is 2. The first-order chi connectivity index (χ1) is 13.9. The van der Waals surface area contributed by atoms with Crippen molar-refractivity contribution in [2.75, 3.05) is 6.61 Å². The first-order valence-corrected chi connectivity index (χ1v) is 11.0. The summed E-state index contributed by atoms with van der Waals surface area (Å²) in [6.07, 6.45) is 4.23. The van der Waals surface area contributed by atoms with Crippen LogP contribution in [-0.4, -0.2) is 18.2 Å². The summed E-state index contributed by atoms with van der Waals surface area (Å²) in [6, 6.07) is 3.46. The molecule has 29 heavy (non-hydrogen) atoms. The van der Waals surface area contributed by atoms with Gasteiger partial charge in [-0.25, -0.2) is 0 Å². The van der Waals surface area contributed by atoms with Crippen LogP contribution in [0.25, 0.3) is 0 Å². The number of carbonyl (C=O) groups excluding carboxylic acids is 2. The topological polar surface area (TPSA) is 55.4 Å². The van der Waals surface area contributed by atoms with Crippen LogP contribution in [0, 0.1) is 5.92 Å². The number of carbonyl (C=O) groups is 2. The number of ether oxygens (including phenoxy) is 1. The summed E-state index contributed by atoms with van der Waals surface area (Å²) in [7, 11) is 0. The molecule has 3 aliphatic rings. The number of hydrogen-bond acceptors (Lipinski definition) is 4. The van der Waals surface area contributed by atoms with Crippen molar-refractivity contribution in [2.24, 2.45) is 5.92 Å². The van der Waals surface area contributed by atoms with Gasteiger partial charge in [0.25, 0.3) is 0 Å². The van der Waals surface area contributed by atoms with Crippen LogP contribution in [0.15, 0.2) is 34.7 Å². The fourth-order valence-electron chi connectivity index (χ4n) is 4.49. The van der Waals surface area contributed by atoms with Crippen LogP contribution < -0.4 is 10.1 Å². The smallest absolute Gasteiger partial charge is 0.161 e. The molecule has 1 aliphatic heterocycles. The van der Waals surface area contributed by atoms with Gasteiger partial charge in [0, 0.05) is 51.9 Å². The Labute approximate surface area is 181 Å². The van der Waals surface area contributed by atoms with E-state index in [0.717, 1.165) is 42.6 Å². The normalized spacial score (nSPS) is 20.0. The standard InChI is InChI=1S/C23H25Cl2NO3/c1-12(2)11-29-23-14(9-13(24)10-15(23)25)20-21-16(5-3-7-18(21)27)26-17-6-4-8-19(28)22(17)20/h9-10,12,20,26H,3-8,11H2,1-2H3. The summed E-state index contributed by atoms with van der Waals surface area (Å²) in [5.74, 6) is 0.520. The quantitative estimate of drug-likeness (QED) is 0.658. The zero-order valence-electron chi connectivity index (χ0n) is 16.7. The molecule has 0 saturated carbocycles. The van der Waals surface area contributed by atoms with E-state index in [-0.39, 0.29) is 11.6 Å². The van der Waals surface area contributed by atoms with Gasteiger partial charge in [-0.3, -0.25) is 9.59 Å². The van der Waals surface area contributed by atoms with Gasteiger partial charge in [-0.05, 0) is 43.7 Å². The van der Waals surface area contributed by atoms with Crippen molar-refractivity contribution >= 4 is 34.8 Å². The van der Waals surface area contributed by atoms with Gasteiger partial charge in [0.05, 0.1) is 11.6 Å². The Morgan fingerprint density at radius 3 is 2.14 bits per heavy atom. The monoisotopic (exact) mass is 433 g/mol. The third-order valence-corrected chi connectivity index (χ3v) is 6.20. The van der Waals surface area contributed by atoms with Gasteiger partial charge in [-0.1, -0.05) is 37.0 Å². The highest BCUT2D eigenvalue weighted by atomic mass is 35.5. The van der Waals surface area contributed by atoms with Crippen LogP contribution in [-0.2, 0) is 9.59 Å². The lowest BCUT2D eigenvalue weighted by molar-refractivity contribution is -0.116. The summed E-state index contributed by atoms with van der Waals surface area (Å²) in [6.45, 7) is 4.61. The number of benzene rings is 1. The molecule has 0 spiro atoms. The molecule has 6 heteroatoms. The van der Waals surface area contributed by atoms with Crippen molar-refractivity contribution in [1.29, 1.82) is 0 Å². The first-order valence-electron chi connectivity index (χ1n) is 10.3. The average molecular weight is 434 g/mol. The molecule has 4 rings (SSSR count). The molecule has 0 fully saturated rings. The summed E-state index contributed by atoms with van der Waals surface area (Å²) in [5.41, 5.74) is 3.95. The Kier molecular flexibility index (Phi) is 5.76. The molecular weight excluding hydrogens is 409 g/mol. The minimum Gasteiger partial charge on any atom is -0.491 e. The molecule has 1 aromatic rings. The molecule has 154 valence electrons. The van der Waals surface area contributed by atoms with E-state index in [4.69, 9.17) is 27.9 Å². The van der Waals surface area contributed by atoms with Crippen molar-refractivity contribution in [3.8, 4) is 5.75 Å². The lowest BCUT2D eigenvalue weighted by Gasteiger charge is -2.37. The second-order valence-corrected chi connectivity index (χ2v) is 9.25. The van der Waals surface area contributed by atoms with E-state index < -0.39 is 5.92 Å². The minimum atomic E-state index is -0.472. The van der Waals surface area contributed by atoms with Crippen LogP contribution in [0.3, 0.4) is 0 Å². The first kappa shape index (κ1) is 20.5. The molecule has 0 aromatic heterocycles. The molecule has 0 amide bonds. The fourth-order valence-corrected chi connectivity index (χ4v) is 5.05. The molecule has 2 aliphatic carbocycles. The summed E-state index contributed by atoms with van der Waals surface area (Å²) >= 11 is 12.9. The predicted octanol–water partition coefficient (Wildman–Crippen LogP) is 5.73. The highest BCUT2D eigenvalue weighted by Gasteiger charge is 2.41.